The Labute approximate surface area is 129 Å². The SMILES string of the molecule is COc1ccccc1CNC(=O)CNc1ccccc1CO. The first kappa shape index (κ1) is 15.9. The predicted octanol–water partition coefficient (Wildman–Crippen LogP) is 1.92. The Bertz CT molecular complexity index is 575. The van der Waals surface area contributed by atoms with Crippen molar-refractivity contribution in [3.63, 3.8) is 0 Å². The molecule has 1 amide bonds. The van der Waals surface area contributed by atoms with Gasteiger partial charge >= 0.3 is 0 Å². The third-order valence-corrected chi connectivity index (χ3v) is 3.30. The molecule has 2 aromatic carbocycles. The smallest absolute Gasteiger partial charge is 0.239 e. The lowest BCUT2D eigenvalue weighted by molar-refractivity contribution is -0.119. The van der Waals surface area contributed by atoms with E-state index in [1.807, 2.05) is 48.5 Å². The molecule has 0 aliphatic heterocycles. The van der Waals surface area contributed by atoms with Crippen molar-refractivity contribution in [2.24, 2.45) is 0 Å². The van der Waals surface area contributed by atoms with Crippen LogP contribution in [0.2, 0.25) is 0 Å². The van der Waals surface area contributed by atoms with E-state index in [0.717, 1.165) is 22.6 Å². The number of para-hydroxylation sites is 2. The monoisotopic (exact) mass is 300 g/mol. The van der Waals surface area contributed by atoms with Crippen LogP contribution in [0.1, 0.15) is 11.1 Å². The summed E-state index contributed by atoms with van der Waals surface area (Å²) in [6, 6.07) is 14.9. The first-order valence-electron chi connectivity index (χ1n) is 7.06. The molecule has 5 heteroatoms. The summed E-state index contributed by atoms with van der Waals surface area (Å²) in [6.45, 7) is 0.490. The van der Waals surface area contributed by atoms with Crippen molar-refractivity contribution >= 4 is 11.6 Å². The van der Waals surface area contributed by atoms with Gasteiger partial charge in [0.05, 0.1) is 20.3 Å². The Balaban J connectivity index is 1.86. The van der Waals surface area contributed by atoms with Crippen molar-refractivity contribution in [2.45, 2.75) is 13.2 Å². The summed E-state index contributed by atoms with van der Waals surface area (Å²) in [5, 5.41) is 15.1. The van der Waals surface area contributed by atoms with E-state index < -0.39 is 0 Å². The van der Waals surface area contributed by atoms with E-state index in [1.165, 1.54) is 0 Å². The molecule has 0 bridgehead atoms. The van der Waals surface area contributed by atoms with Crippen molar-refractivity contribution in [3.05, 3.63) is 59.7 Å². The number of carbonyl (C=O) groups is 1. The van der Waals surface area contributed by atoms with Crippen LogP contribution in [0.4, 0.5) is 5.69 Å². The lowest BCUT2D eigenvalue weighted by atomic mass is 10.2. The minimum atomic E-state index is -0.126. The minimum absolute atomic E-state index is 0.0635. The molecular weight excluding hydrogens is 280 g/mol. The van der Waals surface area contributed by atoms with E-state index in [2.05, 4.69) is 10.6 Å². The van der Waals surface area contributed by atoms with E-state index in [9.17, 15) is 9.90 Å². The molecule has 5 nitrogen and oxygen atoms in total. The minimum Gasteiger partial charge on any atom is -0.496 e. The highest BCUT2D eigenvalue weighted by Crippen LogP contribution is 2.17. The number of amides is 1. The molecule has 0 spiro atoms. The van der Waals surface area contributed by atoms with Gasteiger partial charge in [0.1, 0.15) is 5.75 Å². The van der Waals surface area contributed by atoms with Gasteiger partial charge in [-0.15, -0.1) is 0 Å². The summed E-state index contributed by atoms with van der Waals surface area (Å²) in [5.74, 6) is 0.625. The molecule has 116 valence electrons. The van der Waals surface area contributed by atoms with Crippen molar-refractivity contribution in [1.82, 2.24) is 5.32 Å². The van der Waals surface area contributed by atoms with Crippen LogP contribution in [0.15, 0.2) is 48.5 Å². The van der Waals surface area contributed by atoms with Crippen molar-refractivity contribution in [3.8, 4) is 5.75 Å². The zero-order valence-corrected chi connectivity index (χ0v) is 12.5. The van der Waals surface area contributed by atoms with Crippen LogP contribution in [0, 0.1) is 0 Å². The van der Waals surface area contributed by atoms with Crippen LogP contribution < -0.4 is 15.4 Å². The highest BCUT2D eigenvalue weighted by atomic mass is 16.5. The third-order valence-electron chi connectivity index (χ3n) is 3.30. The number of methoxy groups -OCH3 is 1. The zero-order chi connectivity index (χ0) is 15.8. The van der Waals surface area contributed by atoms with Gasteiger partial charge in [-0.2, -0.15) is 0 Å². The van der Waals surface area contributed by atoms with E-state index in [-0.39, 0.29) is 19.1 Å². The van der Waals surface area contributed by atoms with Crippen LogP contribution in [-0.2, 0) is 17.9 Å². The molecule has 0 aromatic heterocycles. The summed E-state index contributed by atoms with van der Waals surface area (Å²) < 4.78 is 5.24. The molecular formula is C17H20N2O3. The van der Waals surface area contributed by atoms with Crippen molar-refractivity contribution in [2.75, 3.05) is 19.0 Å². The number of anilines is 1. The normalized spacial score (nSPS) is 10.1. The quantitative estimate of drug-likeness (QED) is 0.730. The molecule has 22 heavy (non-hydrogen) atoms. The molecule has 3 N–H and O–H groups in total. The van der Waals surface area contributed by atoms with E-state index >= 15 is 0 Å². The van der Waals surface area contributed by atoms with Crippen LogP contribution in [0.3, 0.4) is 0 Å². The maximum absolute atomic E-state index is 11.9. The molecule has 0 heterocycles. The van der Waals surface area contributed by atoms with Gasteiger partial charge in [-0.1, -0.05) is 36.4 Å². The summed E-state index contributed by atoms with van der Waals surface area (Å²) in [5.41, 5.74) is 2.45. The second-order valence-corrected chi connectivity index (χ2v) is 4.76. The van der Waals surface area contributed by atoms with Gasteiger partial charge in [0.2, 0.25) is 5.91 Å². The van der Waals surface area contributed by atoms with Gasteiger partial charge in [0, 0.05) is 23.4 Å². The first-order valence-corrected chi connectivity index (χ1v) is 7.06. The lowest BCUT2D eigenvalue weighted by Gasteiger charge is -2.12. The second-order valence-electron chi connectivity index (χ2n) is 4.76. The molecule has 0 saturated heterocycles. The number of benzene rings is 2. The van der Waals surface area contributed by atoms with Gasteiger partial charge in [0.25, 0.3) is 0 Å². The fraction of sp³-hybridized carbons (Fsp3) is 0.235. The lowest BCUT2D eigenvalue weighted by Crippen LogP contribution is -2.29. The summed E-state index contributed by atoms with van der Waals surface area (Å²) in [6.07, 6.45) is 0. The van der Waals surface area contributed by atoms with Crippen LogP contribution >= 0.6 is 0 Å². The number of nitrogens with one attached hydrogen (secondary N) is 2. The van der Waals surface area contributed by atoms with E-state index in [0.29, 0.717) is 6.54 Å². The number of carbonyl (C=O) groups excluding carboxylic acids is 1. The molecule has 0 aliphatic rings. The summed E-state index contributed by atoms with van der Waals surface area (Å²) in [7, 11) is 1.61. The molecule has 2 aromatic rings. The molecule has 0 atom stereocenters. The van der Waals surface area contributed by atoms with E-state index in [4.69, 9.17) is 4.74 Å². The zero-order valence-electron chi connectivity index (χ0n) is 12.5. The van der Waals surface area contributed by atoms with Gasteiger partial charge in [0.15, 0.2) is 0 Å². The van der Waals surface area contributed by atoms with Gasteiger partial charge in [-0.05, 0) is 12.1 Å². The maximum Gasteiger partial charge on any atom is 0.239 e. The van der Waals surface area contributed by atoms with Crippen LogP contribution in [-0.4, -0.2) is 24.7 Å². The van der Waals surface area contributed by atoms with Crippen molar-refractivity contribution in [1.29, 1.82) is 0 Å². The highest BCUT2D eigenvalue weighted by molar-refractivity contribution is 5.81. The fourth-order valence-corrected chi connectivity index (χ4v) is 2.11. The molecule has 0 aliphatic carbocycles. The average molecular weight is 300 g/mol. The van der Waals surface area contributed by atoms with Gasteiger partial charge in [-0.25, -0.2) is 0 Å². The Morgan fingerprint density at radius 2 is 1.77 bits per heavy atom. The van der Waals surface area contributed by atoms with E-state index in [1.54, 1.807) is 7.11 Å². The molecule has 0 radical (unpaired) electrons. The van der Waals surface area contributed by atoms with Gasteiger partial charge < -0.3 is 20.5 Å². The average Bonchev–Trinajstić information content (AvgIpc) is 2.58. The largest absolute Gasteiger partial charge is 0.496 e. The topological polar surface area (TPSA) is 70.6 Å². The number of hydrogen-bond donors (Lipinski definition) is 3. The highest BCUT2D eigenvalue weighted by Gasteiger charge is 2.06. The molecule has 0 unspecified atom stereocenters. The standard InChI is InChI=1S/C17H20N2O3/c1-22-16-9-5-3-6-13(16)10-19-17(21)11-18-15-8-4-2-7-14(15)12-20/h2-9,18,20H,10-12H2,1H3,(H,19,21). The van der Waals surface area contributed by atoms with Crippen LogP contribution in [0.5, 0.6) is 5.75 Å². The second kappa shape index (κ2) is 8.05. The Morgan fingerprint density at radius 1 is 1.09 bits per heavy atom. The number of ether oxygens (including phenoxy) is 1. The number of aliphatic hydroxyl groups excluding tert-OH is 1. The predicted molar refractivity (Wildman–Crippen MR) is 85.7 cm³/mol. The summed E-state index contributed by atoms with van der Waals surface area (Å²) in [4.78, 5) is 11.9. The Morgan fingerprint density at radius 3 is 2.50 bits per heavy atom. The van der Waals surface area contributed by atoms with Gasteiger partial charge in [-0.3, -0.25) is 4.79 Å². The molecule has 0 fully saturated rings. The maximum atomic E-state index is 11.9. The molecule has 2 rings (SSSR count). The summed E-state index contributed by atoms with van der Waals surface area (Å²) >= 11 is 0. The Kier molecular flexibility index (Phi) is 5.80. The number of rotatable bonds is 7. The molecule has 0 saturated carbocycles. The number of aliphatic hydroxyl groups is 1. The first-order chi connectivity index (χ1) is 10.7. The van der Waals surface area contributed by atoms with Crippen molar-refractivity contribution < 1.29 is 14.6 Å². The van der Waals surface area contributed by atoms with Crippen LogP contribution in [0.25, 0.3) is 0 Å². The Hall–Kier alpha value is -2.53. The third kappa shape index (κ3) is 4.23. The fourth-order valence-electron chi connectivity index (χ4n) is 2.11. The number of hydrogen-bond acceptors (Lipinski definition) is 4.